The molecule has 0 spiro atoms. The lowest BCUT2D eigenvalue weighted by Crippen LogP contribution is -2.15. The number of ether oxygens (including phenoxy) is 1. The highest BCUT2D eigenvalue weighted by molar-refractivity contribution is 8.00. The molecule has 0 radical (unpaired) electrons. The van der Waals surface area contributed by atoms with Gasteiger partial charge in [-0.15, -0.1) is 11.8 Å². The summed E-state index contributed by atoms with van der Waals surface area (Å²) in [4.78, 5) is 46.9. The van der Waals surface area contributed by atoms with E-state index >= 15 is 0 Å². The summed E-state index contributed by atoms with van der Waals surface area (Å²) >= 11 is 0.958. The molecule has 180 valence electrons. The van der Waals surface area contributed by atoms with Gasteiger partial charge in [-0.3, -0.25) is 24.5 Å². The first-order valence-corrected chi connectivity index (χ1v) is 11.4. The van der Waals surface area contributed by atoms with E-state index in [2.05, 4.69) is 10.6 Å². The SMILES string of the molecule is CCOc1ccc(NC(=O)c2ccc(NC(=O)CSc3ccc(C(N)=O)cc3[N+](=O)[O-])cc2)cc1. The highest BCUT2D eigenvalue weighted by Gasteiger charge is 2.18. The molecular formula is C24H22N4O6S. The zero-order valence-electron chi connectivity index (χ0n) is 18.6. The van der Waals surface area contributed by atoms with Crippen LogP contribution in [0.1, 0.15) is 27.6 Å². The van der Waals surface area contributed by atoms with E-state index in [9.17, 15) is 24.5 Å². The number of carbonyl (C=O) groups is 3. The molecule has 0 aliphatic rings. The van der Waals surface area contributed by atoms with Crippen LogP contribution in [0.2, 0.25) is 0 Å². The standard InChI is InChI=1S/C24H22N4O6S/c1-2-34-19-10-8-18(9-11-19)27-24(31)15-3-6-17(7-4-15)26-22(29)14-35-21-12-5-16(23(25)30)13-20(21)28(32)33/h3-13H,2,14H2,1H3,(H2,25,30)(H,26,29)(H,27,31). The molecular weight excluding hydrogens is 472 g/mol. The Morgan fingerprint density at radius 1 is 0.943 bits per heavy atom. The maximum atomic E-state index is 12.5. The maximum absolute atomic E-state index is 12.5. The Hall–Kier alpha value is -4.38. The van der Waals surface area contributed by atoms with E-state index in [4.69, 9.17) is 10.5 Å². The average molecular weight is 495 g/mol. The highest BCUT2D eigenvalue weighted by atomic mass is 32.2. The van der Waals surface area contributed by atoms with Gasteiger partial charge >= 0.3 is 0 Å². The Labute approximate surface area is 205 Å². The number of hydrogen-bond acceptors (Lipinski definition) is 7. The number of amides is 3. The molecule has 10 nitrogen and oxygen atoms in total. The minimum Gasteiger partial charge on any atom is -0.494 e. The van der Waals surface area contributed by atoms with Crippen molar-refractivity contribution in [1.82, 2.24) is 0 Å². The molecule has 0 saturated carbocycles. The van der Waals surface area contributed by atoms with Crippen LogP contribution in [-0.2, 0) is 4.79 Å². The summed E-state index contributed by atoms with van der Waals surface area (Å²) in [6.45, 7) is 2.44. The Morgan fingerprint density at radius 3 is 2.14 bits per heavy atom. The summed E-state index contributed by atoms with van der Waals surface area (Å²) in [6.07, 6.45) is 0. The number of nitro benzene ring substituents is 1. The molecule has 0 saturated heterocycles. The number of hydrogen-bond donors (Lipinski definition) is 3. The van der Waals surface area contributed by atoms with E-state index in [0.29, 0.717) is 29.3 Å². The van der Waals surface area contributed by atoms with E-state index in [1.165, 1.54) is 12.1 Å². The number of nitrogens with zero attached hydrogens (tertiary/aromatic N) is 1. The molecule has 0 fully saturated rings. The summed E-state index contributed by atoms with van der Waals surface area (Å²) < 4.78 is 5.37. The largest absolute Gasteiger partial charge is 0.494 e. The first-order chi connectivity index (χ1) is 16.8. The first-order valence-electron chi connectivity index (χ1n) is 10.4. The highest BCUT2D eigenvalue weighted by Crippen LogP contribution is 2.30. The minimum atomic E-state index is -0.779. The zero-order chi connectivity index (χ0) is 25.4. The summed E-state index contributed by atoms with van der Waals surface area (Å²) in [5.41, 5.74) is 6.35. The summed E-state index contributed by atoms with van der Waals surface area (Å²) in [6, 6.07) is 17.1. The second-order valence-electron chi connectivity index (χ2n) is 7.13. The third kappa shape index (κ3) is 7.05. The van der Waals surface area contributed by atoms with Gasteiger partial charge in [0.25, 0.3) is 11.6 Å². The van der Waals surface area contributed by atoms with Gasteiger partial charge in [0.1, 0.15) is 5.75 Å². The van der Waals surface area contributed by atoms with Crippen LogP contribution in [0.5, 0.6) is 5.75 Å². The molecule has 0 aliphatic carbocycles. The predicted octanol–water partition coefficient (Wildman–Crippen LogP) is 4.08. The lowest BCUT2D eigenvalue weighted by molar-refractivity contribution is -0.387. The molecule has 3 aromatic rings. The van der Waals surface area contributed by atoms with Crippen molar-refractivity contribution in [3.63, 3.8) is 0 Å². The lowest BCUT2D eigenvalue weighted by atomic mass is 10.2. The number of thioether (sulfide) groups is 1. The monoisotopic (exact) mass is 494 g/mol. The van der Waals surface area contributed by atoms with Crippen LogP contribution < -0.4 is 21.1 Å². The number of carbonyl (C=O) groups excluding carboxylic acids is 3. The van der Waals surface area contributed by atoms with Gasteiger partial charge in [0.2, 0.25) is 11.8 Å². The third-order valence-corrected chi connectivity index (χ3v) is 5.72. The molecule has 3 aromatic carbocycles. The summed E-state index contributed by atoms with van der Waals surface area (Å²) in [7, 11) is 0. The van der Waals surface area contributed by atoms with E-state index in [0.717, 1.165) is 17.8 Å². The molecule has 0 bridgehead atoms. The molecule has 4 N–H and O–H groups in total. The first kappa shape index (κ1) is 25.2. The maximum Gasteiger partial charge on any atom is 0.283 e. The molecule has 0 heterocycles. The van der Waals surface area contributed by atoms with Crippen LogP contribution in [0.15, 0.2) is 71.6 Å². The fourth-order valence-corrected chi connectivity index (χ4v) is 3.79. The topological polar surface area (TPSA) is 154 Å². The Kier molecular flexibility index (Phi) is 8.41. The van der Waals surface area contributed by atoms with Crippen molar-refractivity contribution >= 4 is 46.5 Å². The van der Waals surface area contributed by atoms with E-state index in [1.54, 1.807) is 48.5 Å². The average Bonchev–Trinajstić information content (AvgIpc) is 2.84. The second-order valence-corrected chi connectivity index (χ2v) is 8.15. The molecule has 35 heavy (non-hydrogen) atoms. The number of rotatable bonds is 10. The van der Waals surface area contributed by atoms with Crippen molar-refractivity contribution in [3.05, 3.63) is 88.0 Å². The number of nitro groups is 1. The van der Waals surface area contributed by atoms with Crippen molar-refractivity contribution in [2.75, 3.05) is 23.0 Å². The zero-order valence-corrected chi connectivity index (χ0v) is 19.5. The van der Waals surface area contributed by atoms with Gasteiger partial charge < -0.3 is 21.1 Å². The quantitative estimate of drug-likeness (QED) is 0.218. The van der Waals surface area contributed by atoms with Crippen LogP contribution in [-0.4, -0.2) is 35.0 Å². The minimum absolute atomic E-state index is 0.0113. The van der Waals surface area contributed by atoms with E-state index in [-0.39, 0.29) is 27.8 Å². The van der Waals surface area contributed by atoms with Crippen LogP contribution >= 0.6 is 11.8 Å². The Bertz CT molecular complexity index is 1250. The fourth-order valence-electron chi connectivity index (χ4n) is 2.99. The van der Waals surface area contributed by atoms with Crippen LogP contribution in [0, 0.1) is 10.1 Å². The van der Waals surface area contributed by atoms with Crippen LogP contribution in [0.4, 0.5) is 17.1 Å². The predicted molar refractivity (Wildman–Crippen MR) is 133 cm³/mol. The number of nitrogens with two attached hydrogens (primary N) is 1. The van der Waals surface area contributed by atoms with Crippen molar-refractivity contribution in [2.24, 2.45) is 5.73 Å². The van der Waals surface area contributed by atoms with E-state index in [1.807, 2.05) is 6.92 Å². The molecule has 0 atom stereocenters. The van der Waals surface area contributed by atoms with E-state index < -0.39 is 16.7 Å². The normalized spacial score (nSPS) is 10.3. The number of anilines is 2. The molecule has 0 unspecified atom stereocenters. The van der Waals surface area contributed by atoms with Gasteiger partial charge in [0, 0.05) is 28.6 Å². The molecule has 11 heteroatoms. The number of primary amides is 1. The molecule has 3 rings (SSSR count). The summed E-state index contributed by atoms with van der Waals surface area (Å²) in [5, 5.41) is 16.7. The smallest absolute Gasteiger partial charge is 0.283 e. The van der Waals surface area contributed by atoms with Gasteiger partial charge in [-0.25, -0.2) is 0 Å². The van der Waals surface area contributed by atoms with Gasteiger partial charge in [-0.1, -0.05) is 0 Å². The van der Waals surface area contributed by atoms with Crippen molar-refractivity contribution in [3.8, 4) is 5.75 Å². The van der Waals surface area contributed by atoms with Crippen molar-refractivity contribution < 1.29 is 24.0 Å². The molecule has 0 aromatic heterocycles. The van der Waals surface area contributed by atoms with Gasteiger partial charge in [0.15, 0.2) is 0 Å². The Balaban J connectivity index is 1.56. The van der Waals surface area contributed by atoms with Gasteiger partial charge in [-0.05, 0) is 67.6 Å². The van der Waals surface area contributed by atoms with Crippen molar-refractivity contribution in [2.45, 2.75) is 11.8 Å². The van der Waals surface area contributed by atoms with Gasteiger partial charge in [0.05, 0.1) is 22.2 Å². The lowest BCUT2D eigenvalue weighted by Gasteiger charge is -2.09. The van der Waals surface area contributed by atoms with Crippen LogP contribution in [0.25, 0.3) is 0 Å². The molecule has 3 amide bonds. The van der Waals surface area contributed by atoms with Crippen LogP contribution in [0.3, 0.4) is 0 Å². The van der Waals surface area contributed by atoms with Gasteiger partial charge in [-0.2, -0.15) is 0 Å². The number of benzene rings is 3. The third-order valence-electron chi connectivity index (χ3n) is 4.65. The number of nitrogens with one attached hydrogen (secondary N) is 2. The fraction of sp³-hybridized carbons (Fsp3) is 0.125. The molecule has 0 aliphatic heterocycles. The van der Waals surface area contributed by atoms with Crippen molar-refractivity contribution in [1.29, 1.82) is 0 Å². The Morgan fingerprint density at radius 2 is 1.54 bits per heavy atom. The second kappa shape index (κ2) is 11.7. The summed E-state index contributed by atoms with van der Waals surface area (Å²) in [5.74, 6) is -0.874.